The van der Waals surface area contributed by atoms with Crippen LogP contribution in [-0.4, -0.2) is 37.5 Å². The molecule has 19 heavy (non-hydrogen) atoms. The lowest BCUT2D eigenvalue weighted by atomic mass is 9.93. The van der Waals surface area contributed by atoms with Gasteiger partial charge in [0.05, 0.1) is 0 Å². The SMILES string of the molecule is CNCCC1CCN(C(=O)c2ccc(Br)cc2)CC1. The third-order valence-electron chi connectivity index (χ3n) is 3.80. The molecule has 0 aliphatic carbocycles. The molecule has 1 saturated heterocycles. The molecule has 1 N–H and O–H groups in total. The molecule has 1 aliphatic rings. The molecule has 4 heteroatoms. The third-order valence-corrected chi connectivity index (χ3v) is 4.32. The molecule has 2 rings (SSSR count). The number of halogens is 1. The first-order chi connectivity index (χ1) is 9.20. The predicted molar refractivity (Wildman–Crippen MR) is 81.3 cm³/mol. The molecule has 1 heterocycles. The number of hydrogen-bond donors (Lipinski definition) is 1. The molecule has 0 unspecified atom stereocenters. The summed E-state index contributed by atoms with van der Waals surface area (Å²) in [5, 5.41) is 3.20. The second-order valence-corrected chi connectivity index (χ2v) is 6.05. The van der Waals surface area contributed by atoms with Gasteiger partial charge in [0, 0.05) is 23.1 Å². The van der Waals surface area contributed by atoms with Gasteiger partial charge in [-0.1, -0.05) is 15.9 Å². The average Bonchev–Trinajstić information content (AvgIpc) is 2.46. The normalized spacial score (nSPS) is 16.6. The first-order valence-corrected chi connectivity index (χ1v) is 7.69. The van der Waals surface area contributed by atoms with Crippen LogP contribution in [0.4, 0.5) is 0 Å². The highest BCUT2D eigenvalue weighted by Crippen LogP contribution is 2.22. The predicted octanol–water partition coefficient (Wildman–Crippen LogP) is 2.91. The molecule has 3 nitrogen and oxygen atoms in total. The van der Waals surface area contributed by atoms with Crippen molar-refractivity contribution in [1.29, 1.82) is 0 Å². The Kier molecular flexibility index (Phi) is 5.40. The summed E-state index contributed by atoms with van der Waals surface area (Å²) in [5.74, 6) is 0.931. The van der Waals surface area contributed by atoms with Gasteiger partial charge in [0.25, 0.3) is 5.91 Å². The third kappa shape index (κ3) is 4.05. The number of piperidine rings is 1. The topological polar surface area (TPSA) is 32.3 Å². The van der Waals surface area contributed by atoms with E-state index in [-0.39, 0.29) is 5.91 Å². The zero-order valence-corrected chi connectivity index (χ0v) is 12.9. The molecule has 104 valence electrons. The summed E-state index contributed by atoms with van der Waals surface area (Å²) in [6.45, 7) is 2.86. The van der Waals surface area contributed by atoms with Gasteiger partial charge in [-0.3, -0.25) is 4.79 Å². The van der Waals surface area contributed by atoms with Crippen LogP contribution in [0, 0.1) is 5.92 Å². The molecular formula is C15H21BrN2O. The van der Waals surface area contributed by atoms with Crippen molar-refractivity contribution in [3.05, 3.63) is 34.3 Å². The Hall–Kier alpha value is -0.870. The zero-order chi connectivity index (χ0) is 13.7. The van der Waals surface area contributed by atoms with Crippen LogP contribution in [-0.2, 0) is 0 Å². The van der Waals surface area contributed by atoms with E-state index in [2.05, 4.69) is 21.2 Å². The standard InChI is InChI=1S/C15H21BrN2O/c1-17-9-6-12-7-10-18(11-8-12)15(19)13-2-4-14(16)5-3-13/h2-5,12,17H,6-11H2,1H3. The molecular weight excluding hydrogens is 304 g/mol. The van der Waals surface area contributed by atoms with E-state index >= 15 is 0 Å². The number of hydrogen-bond acceptors (Lipinski definition) is 2. The zero-order valence-electron chi connectivity index (χ0n) is 11.4. The maximum Gasteiger partial charge on any atom is 0.253 e. The Morgan fingerprint density at radius 3 is 2.53 bits per heavy atom. The van der Waals surface area contributed by atoms with Crippen LogP contribution in [0.5, 0.6) is 0 Å². The van der Waals surface area contributed by atoms with E-state index in [9.17, 15) is 4.79 Å². The fourth-order valence-electron chi connectivity index (χ4n) is 2.55. The smallest absolute Gasteiger partial charge is 0.253 e. The van der Waals surface area contributed by atoms with Crippen LogP contribution in [0.25, 0.3) is 0 Å². The molecule has 0 atom stereocenters. The fraction of sp³-hybridized carbons (Fsp3) is 0.533. The Labute approximate surface area is 123 Å². The van der Waals surface area contributed by atoms with Crippen molar-refractivity contribution in [2.45, 2.75) is 19.3 Å². The lowest BCUT2D eigenvalue weighted by Gasteiger charge is -2.32. The maximum atomic E-state index is 12.3. The molecule has 0 aromatic heterocycles. The highest BCUT2D eigenvalue weighted by Gasteiger charge is 2.23. The summed E-state index contributed by atoms with van der Waals surface area (Å²) < 4.78 is 1.01. The molecule has 1 aromatic carbocycles. The van der Waals surface area contributed by atoms with Gasteiger partial charge in [-0.15, -0.1) is 0 Å². The average molecular weight is 325 g/mol. The summed E-state index contributed by atoms with van der Waals surface area (Å²) in [4.78, 5) is 14.3. The first-order valence-electron chi connectivity index (χ1n) is 6.90. The highest BCUT2D eigenvalue weighted by molar-refractivity contribution is 9.10. The van der Waals surface area contributed by atoms with Crippen LogP contribution in [0.15, 0.2) is 28.7 Å². The van der Waals surface area contributed by atoms with Crippen molar-refractivity contribution in [3.8, 4) is 0 Å². The second-order valence-electron chi connectivity index (χ2n) is 5.13. The van der Waals surface area contributed by atoms with Crippen molar-refractivity contribution < 1.29 is 4.79 Å². The van der Waals surface area contributed by atoms with E-state index in [0.717, 1.165) is 48.4 Å². The lowest BCUT2D eigenvalue weighted by Crippen LogP contribution is -2.38. The number of nitrogens with zero attached hydrogens (tertiary/aromatic N) is 1. The highest BCUT2D eigenvalue weighted by atomic mass is 79.9. The molecule has 0 radical (unpaired) electrons. The van der Waals surface area contributed by atoms with Gasteiger partial charge in [-0.05, 0) is 63.0 Å². The van der Waals surface area contributed by atoms with Gasteiger partial charge in [0.2, 0.25) is 0 Å². The minimum Gasteiger partial charge on any atom is -0.339 e. The van der Waals surface area contributed by atoms with Crippen LogP contribution >= 0.6 is 15.9 Å². The van der Waals surface area contributed by atoms with E-state index < -0.39 is 0 Å². The van der Waals surface area contributed by atoms with Gasteiger partial charge in [-0.25, -0.2) is 0 Å². The number of likely N-dealkylation sites (tertiary alicyclic amines) is 1. The number of benzene rings is 1. The second kappa shape index (κ2) is 7.06. The van der Waals surface area contributed by atoms with Crippen molar-refractivity contribution in [1.82, 2.24) is 10.2 Å². The van der Waals surface area contributed by atoms with E-state index in [0.29, 0.717) is 0 Å². The lowest BCUT2D eigenvalue weighted by molar-refractivity contribution is 0.0687. The van der Waals surface area contributed by atoms with Gasteiger partial charge in [0.15, 0.2) is 0 Å². The minimum atomic E-state index is 0.166. The Morgan fingerprint density at radius 1 is 1.32 bits per heavy atom. The Bertz CT molecular complexity index is 411. The number of carbonyl (C=O) groups excluding carboxylic acids is 1. The van der Waals surface area contributed by atoms with E-state index in [1.165, 1.54) is 6.42 Å². The van der Waals surface area contributed by atoms with Crippen LogP contribution in [0.1, 0.15) is 29.6 Å². The summed E-state index contributed by atoms with van der Waals surface area (Å²) in [6, 6.07) is 7.62. The molecule has 1 aliphatic heterocycles. The van der Waals surface area contributed by atoms with Crippen molar-refractivity contribution in [2.24, 2.45) is 5.92 Å². The van der Waals surface area contributed by atoms with Gasteiger partial charge < -0.3 is 10.2 Å². The minimum absolute atomic E-state index is 0.166. The van der Waals surface area contributed by atoms with E-state index in [4.69, 9.17) is 0 Å². The van der Waals surface area contributed by atoms with Gasteiger partial charge in [0.1, 0.15) is 0 Å². The fourth-order valence-corrected chi connectivity index (χ4v) is 2.81. The quantitative estimate of drug-likeness (QED) is 0.923. The Morgan fingerprint density at radius 2 is 1.95 bits per heavy atom. The van der Waals surface area contributed by atoms with E-state index in [1.807, 2.05) is 36.2 Å². The molecule has 0 spiro atoms. The molecule has 1 fully saturated rings. The Balaban J connectivity index is 1.87. The number of carbonyl (C=O) groups is 1. The molecule has 0 saturated carbocycles. The van der Waals surface area contributed by atoms with Crippen LogP contribution < -0.4 is 5.32 Å². The van der Waals surface area contributed by atoms with Crippen molar-refractivity contribution >= 4 is 21.8 Å². The van der Waals surface area contributed by atoms with Gasteiger partial charge in [-0.2, -0.15) is 0 Å². The van der Waals surface area contributed by atoms with E-state index in [1.54, 1.807) is 0 Å². The maximum absolute atomic E-state index is 12.3. The van der Waals surface area contributed by atoms with Crippen LogP contribution in [0.3, 0.4) is 0 Å². The van der Waals surface area contributed by atoms with Crippen LogP contribution in [0.2, 0.25) is 0 Å². The summed E-state index contributed by atoms with van der Waals surface area (Å²) in [7, 11) is 1.99. The summed E-state index contributed by atoms with van der Waals surface area (Å²) >= 11 is 3.39. The summed E-state index contributed by atoms with van der Waals surface area (Å²) in [6.07, 6.45) is 3.48. The van der Waals surface area contributed by atoms with Crippen molar-refractivity contribution in [3.63, 3.8) is 0 Å². The number of nitrogens with one attached hydrogen (secondary N) is 1. The monoisotopic (exact) mass is 324 g/mol. The molecule has 1 aromatic rings. The molecule has 0 bridgehead atoms. The molecule has 1 amide bonds. The number of rotatable bonds is 4. The van der Waals surface area contributed by atoms with Crippen molar-refractivity contribution in [2.75, 3.05) is 26.7 Å². The summed E-state index contributed by atoms with van der Waals surface area (Å²) in [5.41, 5.74) is 0.789. The largest absolute Gasteiger partial charge is 0.339 e. The first kappa shape index (κ1) is 14.5. The van der Waals surface area contributed by atoms with Gasteiger partial charge >= 0.3 is 0 Å². The number of amides is 1.